The molecule has 0 atom stereocenters. The third-order valence-corrected chi connectivity index (χ3v) is 3.45. The molecule has 0 amide bonds. The molecule has 110 valence electrons. The van der Waals surface area contributed by atoms with Crippen molar-refractivity contribution in [3.05, 3.63) is 58.6 Å². The summed E-state index contributed by atoms with van der Waals surface area (Å²) in [5.74, 6) is 0.828. The lowest BCUT2D eigenvalue weighted by molar-refractivity contribution is 0.414. The summed E-state index contributed by atoms with van der Waals surface area (Å²) >= 11 is 5.98. The molecule has 0 heterocycles. The predicted molar refractivity (Wildman–Crippen MR) is 87.6 cm³/mol. The first kappa shape index (κ1) is 15.2. The number of nitrogens with one attached hydrogen (secondary N) is 1. The molecular formula is C16H18ClN3O. The summed E-state index contributed by atoms with van der Waals surface area (Å²) in [6.45, 7) is 0.680. The van der Waals surface area contributed by atoms with Crippen molar-refractivity contribution in [2.24, 2.45) is 5.73 Å². The van der Waals surface area contributed by atoms with E-state index < -0.39 is 0 Å². The van der Waals surface area contributed by atoms with E-state index in [1.165, 1.54) is 0 Å². The molecule has 0 radical (unpaired) electrons. The Labute approximate surface area is 129 Å². The van der Waals surface area contributed by atoms with Gasteiger partial charge in [-0.25, -0.2) is 0 Å². The fourth-order valence-corrected chi connectivity index (χ4v) is 2.36. The second kappa shape index (κ2) is 6.50. The molecule has 0 bridgehead atoms. The molecule has 5 heteroatoms. The van der Waals surface area contributed by atoms with Crippen LogP contribution in [0.3, 0.4) is 0 Å². The van der Waals surface area contributed by atoms with Crippen LogP contribution in [-0.4, -0.2) is 20.0 Å². The quantitative estimate of drug-likeness (QED) is 0.658. The number of methoxy groups -OCH3 is 1. The minimum atomic E-state index is 0.00462. The van der Waals surface area contributed by atoms with E-state index in [1.54, 1.807) is 19.2 Å². The van der Waals surface area contributed by atoms with Gasteiger partial charge in [-0.1, -0.05) is 23.7 Å². The lowest BCUT2D eigenvalue weighted by Gasteiger charge is -2.22. The smallest absolute Gasteiger partial charge is 0.124 e. The lowest BCUT2D eigenvalue weighted by Crippen LogP contribution is -2.22. The normalized spacial score (nSPS) is 10.2. The molecule has 0 aliphatic carbocycles. The highest BCUT2D eigenvalue weighted by atomic mass is 35.5. The van der Waals surface area contributed by atoms with Gasteiger partial charge in [-0.3, -0.25) is 5.41 Å². The fourth-order valence-electron chi connectivity index (χ4n) is 2.19. The van der Waals surface area contributed by atoms with Crippen LogP contribution in [0.25, 0.3) is 0 Å². The van der Waals surface area contributed by atoms with Crippen LogP contribution >= 0.6 is 11.6 Å². The second-order valence-corrected chi connectivity index (χ2v) is 5.22. The topological polar surface area (TPSA) is 62.3 Å². The van der Waals surface area contributed by atoms with Gasteiger partial charge in [-0.2, -0.15) is 0 Å². The van der Waals surface area contributed by atoms with Crippen molar-refractivity contribution in [3.8, 4) is 5.75 Å². The van der Waals surface area contributed by atoms with Gasteiger partial charge in [0.25, 0.3) is 0 Å². The molecule has 0 aliphatic rings. The third-order valence-electron chi connectivity index (χ3n) is 3.21. The number of halogens is 1. The third kappa shape index (κ3) is 3.67. The predicted octanol–water partition coefficient (Wildman–Crippen LogP) is 3.27. The van der Waals surface area contributed by atoms with E-state index >= 15 is 0 Å². The summed E-state index contributed by atoms with van der Waals surface area (Å²) < 4.78 is 5.23. The van der Waals surface area contributed by atoms with Gasteiger partial charge in [-0.05, 0) is 35.9 Å². The summed E-state index contributed by atoms with van der Waals surface area (Å²) in [4.78, 5) is 2.03. The van der Waals surface area contributed by atoms with Crippen molar-refractivity contribution in [1.29, 1.82) is 5.41 Å². The van der Waals surface area contributed by atoms with Gasteiger partial charge >= 0.3 is 0 Å². The van der Waals surface area contributed by atoms with Crippen LogP contribution in [0.2, 0.25) is 5.02 Å². The number of ether oxygens (including phenoxy) is 1. The lowest BCUT2D eigenvalue weighted by atomic mass is 10.1. The Balaban J connectivity index is 2.27. The van der Waals surface area contributed by atoms with E-state index in [9.17, 15) is 0 Å². The molecule has 2 aromatic carbocycles. The van der Waals surface area contributed by atoms with Crippen LogP contribution < -0.4 is 15.4 Å². The molecule has 0 aromatic heterocycles. The van der Waals surface area contributed by atoms with Crippen molar-refractivity contribution < 1.29 is 4.74 Å². The van der Waals surface area contributed by atoms with Gasteiger partial charge in [0.2, 0.25) is 0 Å². The highest BCUT2D eigenvalue weighted by molar-refractivity contribution is 6.31. The zero-order chi connectivity index (χ0) is 15.4. The van der Waals surface area contributed by atoms with E-state index in [1.807, 2.05) is 42.3 Å². The summed E-state index contributed by atoms with van der Waals surface area (Å²) in [7, 11) is 3.60. The van der Waals surface area contributed by atoms with Gasteiger partial charge in [0.05, 0.1) is 7.11 Å². The molecule has 0 saturated carbocycles. The van der Waals surface area contributed by atoms with Crippen molar-refractivity contribution in [3.63, 3.8) is 0 Å². The van der Waals surface area contributed by atoms with Crippen molar-refractivity contribution in [2.45, 2.75) is 6.54 Å². The largest absolute Gasteiger partial charge is 0.497 e. The van der Waals surface area contributed by atoms with Gasteiger partial charge in [0.15, 0.2) is 0 Å². The zero-order valence-corrected chi connectivity index (χ0v) is 12.8. The van der Waals surface area contributed by atoms with Crippen LogP contribution in [-0.2, 0) is 6.54 Å². The summed E-state index contributed by atoms with van der Waals surface area (Å²) in [6.07, 6.45) is 0. The van der Waals surface area contributed by atoms with E-state index in [4.69, 9.17) is 27.5 Å². The van der Waals surface area contributed by atoms with Gasteiger partial charge in [-0.15, -0.1) is 0 Å². The maximum absolute atomic E-state index is 7.68. The minimum absolute atomic E-state index is 0.00462. The molecular weight excluding hydrogens is 286 g/mol. The van der Waals surface area contributed by atoms with E-state index in [2.05, 4.69) is 0 Å². The molecule has 2 rings (SSSR count). The number of hydrogen-bond donors (Lipinski definition) is 2. The minimum Gasteiger partial charge on any atom is -0.497 e. The molecule has 4 nitrogen and oxygen atoms in total. The summed E-state index contributed by atoms with van der Waals surface area (Å²) in [5.41, 5.74) is 8.25. The van der Waals surface area contributed by atoms with E-state index in [-0.39, 0.29) is 5.84 Å². The molecule has 0 aliphatic heterocycles. The Bertz CT molecular complexity index is 658. The Kier molecular flexibility index (Phi) is 4.70. The second-order valence-electron chi connectivity index (χ2n) is 4.78. The molecule has 2 aromatic rings. The standard InChI is InChI=1S/C16H18ClN3O/c1-20(10-11-4-3-5-13(8-11)21-2)15-7-6-12(17)9-14(15)16(18)19/h3-9H,10H2,1-2H3,(H3,18,19). The SMILES string of the molecule is COc1cccc(CN(C)c2ccc(Cl)cc2C(=N)N)c1. The molecule has 0 fully saturated rings. The number of nitrogens with two attached hydrogens (primary N) is 1. The van der Waals surface area contributed by atoms with Crippen LogP contribution in [0.15, 0.2) is 42.5 Å². The number of anilines is 1. The number of hydrogen-bond acceptors (Lipinski definition) is 3. The maximum Gasteiger partial charge on any atom is 0.124 e. The highest BCUT2D eigenvalue weighted by Gasteiger charge is 2.11. The van der Waals surface area contributed by atoms with Gasteiger partial charge < -0.3 is 15.4 Å². The average molecular weight is 304 g/mol. The first-order chi connectivity index (χ1) is 10.0. The fraction of sp³-hybridized carbons (Fsp3) is 0.188. The zero-order valence-electron chi connectivity index (χ0n) is 12.1. The maximum atomic E-state index is 7.68. The van der Waals surface area contributed by atoms with Crippen molar-refractivity contribution in [1.82, 2.24) is 0 Å². The van der Waals surface area contributed by atoms with Gasteiger partial charge in [0, 0.05) is 29.9 Å². The number of rotatable bonds is 5. The Morgan fingerprint density at radius 3 is 2.71 bits per heavy atom. The van der Waals surface area contributed by atoms with Crippen LogP contribution in [0.1, 0.15) is 11.1 Å². The van der Waals surface area contributed by atoms with Crippen LogP contribution in [0.4, 0.5) is 5.69 Å². The van der Waals surface area contributed by atoms with Crippen LogP contribution in [0, 0.1) is 5.41 Å². The molecule has 3 N–H and O–H groups in total. The Hall–Kier alpha value is -2.20. The molecule has 21 heavy (non-hydrogen) atoms. The number of benzene rings is 2. The van der Waals surface area contributed by atoms with E-state index in [0.29, 0.717) is 17.1 Å². The summed E-state index contributed by atoms with van der Waals surface area (Å²) in [5, 5.41) is 8.25. The number of nitrogen functional groups attached to an aromatic ring is 1. The first-order valence-electron chi connectivity index (χ1n) is 6.49. The van der Waals surface area contributed by atoms with Crippen LogP contribution in [0.5, 0.6) is 5.75 Å². The number of nitrogens with zero attached hydrogens (tertiary/aromatic N) is 1. The summed E-state index contributed by atoms with van der Waals surface area (Å²) in [6, 6.07) is 13.3. The van der Waals surface area contributed by atoms with Crippen molar-refractivity contribution >= 4 is 23.1 Å². The highest BCUT2D eigenvalue weighted by Crippen LogP contribution is 2.25. The first-order valence-corrected chi connectivity index (χ1v) is 6.87. The average Bonchev–Trinajstić information content (AvgIpc) is 2.47. The number of amidine groups is 1. The molecule has 0 spiro atoms. The monoisotopic (exact) mass is 303 g/mol. The molecule has 0 saturated heterocycles. The van der Waals surface area contributed by atoms with Gasteiger partial charge in [0.1, 0.15) is 11.6 Å². The Morgan fingerprint density at radius 1 is 1.29 bits per heavy atom. The molecule has 0 unspecified atom stereocenters. The Morgan fingerprint density at radius 2 is 2.05 bits per heavy atom. The van der Waals surface area contributed by atoms with Crippen molar-refractivity contribution in [2.75, 3.05) is 19.1 Å². The van der Waals surface area contributed by atoms with E-state index in [0.717, 1.165) is 17.0 Å².